The van der Waals surface area contributed by atoms with Gasteiger partial charge in [-0.15, -0.1) is 0 Å². The lowest BCUT2D eigenvalue weighted by atomic mass is 9.96. The highest BCUT2D eigenvalue weighted by Gasteiger charge is 2.19. The topological polar surface area (TPSA) is 28.7 Å². The summed E-state index contributed by atoms with van der Waals surface area (Å²) in [5, 5.41) is 0. The SMILES string of the molecule is CCCc1[nH]c(C(C)(C)C)nc1CC. The number of hydrogen-bond donors (Lipinski definition) is 1. The van der Waals surface area contributed by atoms with Gasteiger partial charge in [-0.25, -0.2) is 4.98 Å². The molecule has 0 spiro atoms. The van der Waals surface area contributed by atoms with E-state index in [1.165, 1.54) is 17.8 Å². The minimum absolute atomic E-state index is 0.135. The normalized spacial score (nSPS) is 12.1. The number of hydrogen-bond acceptors (Lipinski definition) is 1. The van der Waals surface area contributed by atoms with E-state index < -0.39 is 0 Å². The van der Waals surface area contributed by atoms with Crippen molar-refractivity contribution in [2.24, 2.45) is 0 Å². The molecule has 2 nitrogen and oxygen atoms in total. The molecule has 0 aromatic carbocycles. The third kappa shape index (κ3) is 2.37. The summed E-state index contributed by atoms with van der Waals surface area (Å²) in [5.74, 6) is 1.12. The van der Waals surface area contributed by atoms with Crippen LogP contribution in [0.1, 0.15) is 58.3 Å². The van der Waals surface area contributed by atoms with E-state index in [9.17, 15) is 0 Å². The summed E-state index contributed by atoms with van der Waals surface area (Å²) in [7, 11) is 0. The maximum absolute atomic E-state index is 4.66. The van der Waals surface area contributed by atoms with Crippen LogP contribution in [0.25, 0.3) is 0 Å². The van der Waals surface area contributed by atoms with Crippen LogP contribution in [0.3, 0.4) is 0 Å². The molecule has 0 bridgehead atoms. The van der Waals surface area contributed by atoms with Crippen LogP contribution in [0.4, 0.5) is 0 Å². The van der Waals surface area contributed by atoms with Crippen molar-refractivity contribution in [3.63, 3.8) is 0 Å². The fraction of sp³-hybridized carbons (Fsp3) is 0.750. The molecule has 1 rings (SSSR count). The Kier molecular flexibility index (Phi) is 3.35. The first-order chi connectivity index (χ1) is 6.49. The van der Waals surface area contributed by atoms with Gasteiger partial charge in [0.15, 0.2) is 0 Å². The Labute approximate surface area is 87.1 Å². The van der Waals surface area contributed by atoms with Gasteiger partial charge in [-0.1, -0.05) is 41.0 Å². The van der Waals surface area contributed by atoms with Crippen molar-refractivity contribution in [2.45, 2.75) is 59.3 Å². The third-order valence-corrected chi connectivity index (χ3v) is 2.41. The number of aromatic nitrogens is 2. The van der Waals surface area contributed by atoms with Gasteiger partial charge in [0.2, 0.25) is 0 Å². The predicted molar refractivity (Wildman–Crippen MR) is 60.7 cm³/mol. The van der Waals surface area contributed by atoms with Crippen molar-refractivity contribution in [1.82, 2.24) is 9.97 Å². The van der Waals surface area contributed by atoms with Crippen LogP contribution < -0.4 is 0 Å². The second kappa shape index (κ2) is 4.16. The van der Waals surface area contributed by atoms with Crippen LogP contribution in [0.15, 0.2) is 0 Å². The zero-order valence-electron chi connectivity index (χ0n) is 10.1. The Hall–Kier alpha value is -0.790. The average molecular weight is 194 g/mol. The second-order valence-corrected chi connectivity index (χ2v) is 4.86. The summed E-state index contributed by atoms with van der Waals surface area (Å²) >= 11 is 0. The Bertz CT molecular complexity index is 292. The molecule has 0 aliphatic rings. The molecule has 2 heteroatoms. The Morgan fingerprint density at radius 1 is 1.21 bits per heavy atom. The molecule has 0 radical (unpaired) electrons. The summed E-state index contributed by atoms with van der Waals surface area (Å²) in [4.78, 5) is 8.13. The summed E-state index contributed by atoms with van der Waals surface area (Å²) < 4.78 is 0. The molecule has 0 amide bonds. The van der Waals surface area contributed by atoms with E-state index in [2.05, 4.69) is 44.6 Å². The molecule has 14 heavy (non-hydrogen) atoms. The van der Waals surface area contributed by atoms with E-state index in [1.807, 2.05) is 0 Å². The van der Waals surface area contributed by atoms with Crippen LogP contribution in [-0.2, 0) is 18.3 Å². The fourth-order valence-electron chi connectivity index (χ4n) is 1.55. The predicted octanol–water partition coefficient (Wildman–Crippen LogP) is 3.22. The molecule has 0 saturated heterocycles. The molecule has 0 unspecified atom stereocenters. The third-order valence-electron chi connectivity index (χ3n) is 2.41. The molecule has 0 saturated carbocycles. The number of imidazole rings is 1. The first-order valence-corrected chi connectivity index (χ1v) is 5.57. The monoisotopic (exact) mass is 194 g/mol. The van der Waals surface area contributed by atoms with Crippen molar-refractivity contribution >= 4 is 0 Å². The van der Waals surface area contributed by atoms with Gasteiger partial charge < -0.3 is 4.98 Å². The maximum Gasteiger partial charge on any atom is 0.111 e. The lowest BCUT2D eigenvalue weighted by Crippen LogP contribution is -2.13. The number of aromatic amines is 1. The molecular formula is C12H22N2. The molecule has 1 aromatic rings. The molecule has 0 aliphatic carbocycles. The molecule has 1 heterocycles. The second-order valence-electron chi connectivity index (χ2n) is 4.86. The van der Waals surface area contributed by atoms with Crippen LogP contribution in [-0.4, -0.2) is 9.97 Å². The standard InChI is InChI=1S/C12H22N2/c1-6-8-10-9(7-2)13-11(14-10)12(3,4)5/h6-8H2,1-5H3,(H,13,14). The number of aryl methyl sites for hydroxylation is 2. The summed E-state index contributed by atoms with van der Waals surface area (Å²) in [6.07, 6.45) is 3.33. The van der Waals surface area contributed by atoms with Crippen molar-refractivity contribution in [1.29, 1.82) is 0 Å². The smallest absolute Gasteiger partial charge is 0.111 e. The summed E-state index contributed by atoms with van der Waals surface area (Å²) in [6.45, 7) is 11.0. The fourth-order valence-corrected chi connectivity index (χ4v) is 1.55. The minimum atomic E-state index is 0.135. The quantitative estimate of drug-likeness (QED) is 0.786. The number of H-pyrrole nitrogens is 1. The number of nitrogens with zero attached hydrogens (tertiary/aromatic N) is 1. The lowest BCUT2D eigenvalue weighted by Gasteiger charge is -2.14. The molecule has 0 aliphatic heterocycles. The highest BCUT2D eigenvalue weighted by atomic mass is 15.0. The Balaban J connectivity index is 3.00. The van der Waals surface area contributed by atoms with Gasteiger partial charge in [0.05, 0.1) is 5.69 Å². The van der Waals surface area contributed by atoms with Crippen LogP contribution in [0, 0.1) is 0 Å². The van der Waals surface area contributed by atoms with E-state index in [-0.39, 0.29) is 5.41 Å². The van der Waals surface area contributed by atoms with Gasteiger partial charge in [0, 0.05) is 11.1 Å². The zero-order valence-corrected chi connectivity index (χ0v) is 10.1. The largest absolute Gasteiger partial charge is 0.345 e. The summed E-state index contributed by atoms with van der Waals surface area (Å²) in [6, 6.07) is 0. The van der Waals surface area contributed by atoms with Gasteiger partial charge in [0.1, 0.15) is 5.82 Å². The first-order valence-electron chi connectivity index (χ1n) is 5.57. The highest BCUT2D eigenvalue weighted by Crippen LogP contribution is 2.21. The van der Waals surface area contributed by atoms with Gasteiger partial charge >= 0.3 is 0 Å². The van der Waals surface area contributed by atoms with Crippen molar-refractivity contribution < 1.29 is 0 Å². The van der Waals surface area contributed by atoms with Gasteiger partial charge in [-0.05, 0) is 12.8 Å². The molecule has 0 atom stereocenters. The van der Waals surface area contributed by atoms with Crippen molar-refractivity contribution in [3.8, 4) is 0 Å². The van der Waals surface area contributed by atoms with Crippen molar-refractivity contribution in [3.05, 3.63) is 17.2 Å². The highest BCUT2D eigenvalue weighted by molar-refractivity contribution is 5.18. The van der Waals surface area contributed by atoms with E-state index >= 15 is 0 Å². The van der Waals surface area contributed by atoms with Crippen molar-refractivity contribution in [2.75, 3.05) is 0 Å². The van der Waals surface area contributed by atoms with E-state index in [4.69, 9.17) is 0 Å². The number of rotatable bonds is 3. The van der Waals surface area contributed by atoms with Gasteiger partial charge in [-0.2, -0.15) is 0 Å². The number of nitrogens with one attached hydrogen (secondary N) is 1. The molecule has 80 valence electrons. The molecule has 1 N–H and O–H groups in total. The van der Waals surface area contributed by atoms with Crippen LogP contribution in [0.5, 0.6) is 0 Å². The summed E-state index contributed by atoms with van der Waals surface area (Å²) in [5.41, 5.74) is 2.72. The zero-order chi connectivity index (χ0) is 10.8. The van der Waals surface area contributed by atoms with Gasteiger partial charge in [-0.3, -0.25) is 0 Å². The van der Waals surface area contributed by atoms with Crippen LogP contribution >= 0.6 is 0 Å². The average Bonchev–Trinajstić information content (AvgIpc) is 2.47. The Morgan fingerprint density at radius 2 is 1.86 bits per heavy atom. The molecular weight excluding hydrogens is 172 g/mol. The lowest BCUT2D eigenvalue weighted by molar-refractivity contribution is 0.550. The Morgan fingerprint density at radius 3 is 2.29 bits per heavy atom. The minimum Gasteiger partial charge on any atom is -0.345 e. The van der Waals surface area contributed by atoms with E-state index in [0.29, 0.717) is 0 Å². The molecule has 0 fully saturated rings. The molecule has 1 aromatic heterocycles. The van der Waals surface area contributed by atoms with Crippen LogP contribution in [0.2, 0.25) is 0 Å². The van der Waals surface area contributed by atoms with Gasteiger partial charge in [0.25, 0.3) is 0 Å². The maximum atomic E-state index is 4.66. The van der Waals surface area contributed by atoms with E-state index in [1.54, 1.807) is 0 Å². The van der Waals surface area contributed by atoms with E-state index in [0.717, 1.165) is 18.7 Å². The first kappa shape index (κ1) is 11.3.